The van der Waals surface area contributed by atoms with E-state index in [1.807, 2.05) is 19.1 Å². The average molecular weight is 577 g/mol. The van der Waals surface area contributed by atoms with Crippen LogP contribution in [0.4, 0.5) is 11.4 Å². The summed E-state index contributed by atoms with van der Waals surface area (Å²) in [6.45, 7) is 9.28. The van der Waals surface area contributed by atoms with Crippen LogP contribution in [0.1, 0.15) is 57.1 Å². The van der Waals surface area contributed by atoms with Crippen LogP contribution >= 0.6 is 0 Å². The average Bonchev–Trinajstić information content (AvgIpc) is 3.52. The number of ketones is 1. The smallest absolute Gasteiger partial charge is 0.273 e. The van der Waals surface area contributed by atoms with Gasteiger partial charge < -0.3 is 20.3 Å². The van der Waals surface area contributed by atoms with Gasteiger partial charge in [-0.05, 0) is 68.4 Å². The molecule has 0 aliphatic rings. The number of H-pyrrole nitrogens is 1. The van der Waals surface area contributed by atoms with Gasteiger partial charge in [-0.1, -0.05) is 50.2 Å². The number of aryl methyl sites for hydroxylation is 2. The zero-order valence-electron chi connectivity index (χ0n) is 24.9. The van der Waals surface area contributed by atoms with E-state index in [0.29, 0.717) is 33.6 Å². The Hall–Kier alpha value is -5.02. The van der Waals surface area contributed by atoms with Gasteiger partial charge in [0.1, 0.15) is 5.69 Å². The molecule has 9 heteroatoms. The van der Waals surface area contributed by atoms with Crippen LogP contribution < -0.4 is 5.32 Å². The highest BCUT2D eigenvalue weighted by Crippen LogP contribution is 2.28. The number of benzene rings is 3. The lowest BCUT2D eigenvalue weighted by Crippen LogP contribution is -2.25. The number of hydrogen-bond donors (Lipinski definition) is 3. The number of likely N-dealkylation sites (N-methyl/N-ethyl adjacent to an activating group) is 1. The van der Waals surface area contributed by atoms with Crippen molar-refractivity contribution in [2.45, 2.75) is 27.2 Å². The number of aromatic amines is 1. The Labute approximate surface area is 250 Å². The van der Waals surface area contributed by atoms with Crippen molar-refractivity contribution in [1.29, 1.82) is 0 Å². The molecule has 3 N–H and O–H groups in total. The lowest BCUT2D eigenvalue weighted by atomic mass is 10.0. The Kier molecular flexibility index (Phi) is 8.82. The van der Waals surface area contributed by atoms with Crippen molar-refractivity contribution in [1.82, 2.24) is 19.7 Å². The molecule has 0 atom stereocenters. The summed E-state index contributed by atoms with van der Waals surface area (Å²) in [7, 11) is 1.71. The molecule has 0 fully saturated rings. The molecule has 5 rings (SSSR count). The van der Waals surface area contributed by atoms with Crippen LogP contribution in [-0.4, -0.2) is 62.3 Å². The maximum atomic E-state index is 13.4. The lowest BCUT2D eigenvalue weighted by molar-refractivity contribution is 0.101. The minimum Gasteiger partial charge on any atom is -0.494 e. The minimum atomic E-state index is -0.309. The number of nitrogens with zero attached hydrogens (tertiary/aromatic N) is 4. The summed E-state index contributed by atoms with van der Waals surface area (Å²) in [6.07, 6.45) is 2.62. The normalized spacial score (nSPS) is 11.6. The molecular formula is C34H36N6O3. The molecule has 5 aromatic rings. The third kappa shape index (κ3) is 6.73. The SMILES string of the molecule is CCN(CC)CCc1ccc(N=Cc2c(O)[nH]c3cc(C(=O)c4cccc(NC(=O)c5cc(C)nn5C)c4)ccc23)cc1. The van der Waals surface area contributed by atoms with Gasteiger partial charge in [-0.15, -0.1) is 0 Å². The fourth-order valence-electron chi connectivity index (χ4n) is 5.11. The number of hydrogen-bond acceptors (Lipinski definition) is 6. The van der Waals surface area contributed by atoms with Crippen molar-refractivity contribution in [2.24, 2.45) is 12.0 Å². The van der Waals surface area contributed by atoms with E-state index in [0.717, 1.165) is 42.8 Å². The van der Waals surface area contributed by atoms with Gasteiger partial charge >= 0.3 is 0 Å². The topological polar surface area (TPSA) is 116 Å². The maximum Gasteiger partial charge on any atom is 0.273 e. The second-order valence-electron chi connectivity index (χ2n) is 10.5. The fraction of sp³-hybridized carbons (Fsp3) is 0.235. The fourth-order valence-corrected chi connectivity index (χ4v) is 5.11. The van der Waals surface area contributed by atoms with E-state index in [1.54, 1.807) is 61.8 Å². The van der Waals surface area contributed by atoms with Crippen molar-refractivity contribution in [2.75, 3.05) is 25.0 Å². The molecule has 220 valence electrons. The zero-order valence-corrected chi connectivity index (χ0v) is 24.9. The lowest BCUT2D eigenvalue weighted by Gasteiger charge is -2.17. The van der Waals surface area contributed by atoms with E-state index in [9.17, 15) is 14.7 Å². The van der Waals surface area contributed by atoms with E-state index in [-0.39, 0.29) is 17.6 Å². The van der Waals surface area contributed by atoms with Gasteiger partial charge in [-0.3, -0.25) is 19.3 Å². The molecule has 43 heavy (non-hydrogen) atoms. The molecule has 0 saturated heterocycles. The first-order valence-corrected chi connectivity index (χ1v) is 14.4. The molecular weight excluding hydrogens is 540 g/mol. The van der Waals surface area contributed by atoms with Crippen LogP contribution in [0.5, 0.6) is 5.88 Å². The molecule has 0 spiro atoms. The van der Waals surface area contributed by atoms with Gasteiger partial charge in [0.25, 0.3) is 5.91 Å². The summed E-state index contributed by atoms with van der Waals surface area (Å²) in [5, 5.41) is 18.4. The van der Waals surface area contributed by atoms with Crippen molar-refractivity contribution in [3.63, 3.8) is 0 Å². The van der Waals surface area contributed by atoms with E-state index in [2.05, 4.69) is 51.3 Å². The molecule has 0 unspecified atom stereocenters. The number of amides is 1. The van der Waals surface area contributed by atoms with E-state index >= 15 is 0 Å². The van der Waals surface area contributed by atoms with Crippen LogP contribution in [0.25, 0.3) is 10.9 Å². The number of aliphatic imine (C=N–C) groups is 1. The van der Waals surface area contributed by atoms with Gasteiger partial charge in [0.15, 0.2) is 11.7 Å². The highest BCUT2D eigenvalue weighted by molar-refractivity contribution is 6.13. The summed E-state index contributed by atoms with van der Waals surface area (Å²) in [5.41, 5.74) is 5.76. The Morgan fingerprint density at radius 3 is 2.47 bits per heavy atom. The molecule has 2 heterocycles. The number of anilines is 1. The standard InChI is InChI=1S/C34H36N6O3/c1-5-40(6-2)17-16-23-10-13-26(14-11-23)35-21-29-28-15-12-25(20-30(28)37-33(29)42)32(41)24-8-7-9-27(19-24)36-34(43)31-18-22(3)38-39(31)4/h7-15,18-21,37,42H,5-6,16-17H2,1-4H3,(H,36,43). The van der Waals surface area contributed by atoms with Crippen LogP contribution in [0.3, 0.4) is 0 Å². The molecule has 3 aromatic carbocycles. The van der Waals surface area contributed by atoms with E-state index < -0.39 is 0 Å². The molecule has 2 aromatic heterocycles. The van der Waals surface area contributed by atoms with E-state index in [4.69, 9.17) is 0 Å². The number of fused-ring (bicyclic) bond motifs is 1. The summed E-state index contributed by atoms with van der Waals surface area (Å²) in [4.78, 5) is 36.0. The molecule has 0 radical (unpaired) electrons. The second-order valence-corrected chi connectivity index (χ2v) is 10.5. The van der Waals surface area contributed by atoms with Gasteiger partial charge in [0.2, 0.25) is 0 Å². The monoisotopic (exact) mass is 576 g/mol. The Morgan fingerprint density at radius 1 is 1.02 bits per heavy atom. The first-order chi connectivity index (χ1) is 20.7. The first kappa shape index (κ1) is 29.5. The van der Waals surface area contributed by atoms with Crippen LogP contribution in [0, 0.1) is 6.92 Å². The predicted octanol–water partition coefficient (Wildman–Crippen LogP) is 6.03. The van der Waals surface area contributed by atoms with Gasteiger partial charge in [-0.25, -0.2) is 0 Å². The third-order valence-corrected chi connectivity index (χ3v) is 7.59. The summed E-state index contributed by atoms with van der Waals surface area (Å²) < 4.78 is 1.52. The summed E-state index contributed by atoms with van der Waals surface area (Å²) in [5.74, 6) is -0.537. The van der Waals surface area contributed by atoms with Crippen molar-refractivity contribution in [3.8, 4) is 5.88 Å². The maximum absolute atomic E-state index is 13.4. The van der Waals surface area contributed by atoms with E-state index in [1.165, 1.54) is 10.2 Å². The molecule has 9 nitrogen and oxygen atoms in total. The molecule has 0 saturated carbocycles. The summed E-state index contributed by atoms with van der Waals surface area (Å²) >= 11 is 0. The second kappa shape index (κ2) is 12.9. The highest BCUT2D eigenvalue weighted by Gasteiger charge is 2.16. The summed E-state index contributed by atoms with van der Waals surface area (Å²) in [6, 6.07) is 21.9. The Bertz CT molecular complexity index is 1790. The largest absolute Gasteiger partial charge is 0.494 e. The number of aromatic nitrogens is 3. The van der Waals surface area contributed by atoms with Crippen molar-refractivity contribution in [3.05, 3.63) is 106 Å². The molecule has 1 amide bonds. The van der Waals surface area contributed by atoms with Gasteiger partial charge in [-0.2, -0.15) is 5.10 Å². The Morgan fingerprint density at radius 2 is 1.77 bits per heavy atom. The highest BCUT2D eigenvalue weighted by atomic mass is 16.3. The van der Waals surface area contributed by atoms with Crippen molar-refractivity contribution >= 4 is 40.2 Å². The number of nitrogens with one attached hydrogen (secondary N) is 2. The van der Waals surface area contributed by atoms with Gasteiger partial charge in [0, 0.05) is 47.5 Å². The number of rotatable bonds is 11. The van der Waals surface area contributed by atoms with Crippen LogP contribution in [0.15, 0.2) is 77.8 Å². The van der Waals surface area contributed by atoms with Crippen LogP contribution in [0.2, 0.25) is 0 Å². The van der Waals surface area contributed by atoms with Gasteiger partial charge in [0.05, 0.1) is 16.9 Å². The molecule has 0 aliphatic heterocycles. The number of carbonyl (C=O) groups excluding carboxylic acids is 2. The molecule has 0 bridgehead atoms. The number of carbonyl (C=O) groups is 2. The first-order valence-electron chi connectivity index (χ1n) is 14.4. The molecule has 0 aliphatic carbocycles. The van der Waals surface area contributed by atoms with Crippen LogP contribution in [-0.2, 0) is 13.5 Å². The Balaban J connectivity index is 1.29. The minimum absolute atomic E-state index is 0.0192. The third-order valence-electron chi connectivity index (χ3n) is 7.59. The van der Waals surface area contributed by atoms with Crippen molar-refractivity contribution < 1.29 is 14.7 Å². The quantitative estimate of drug-likeness (QED) is 0.131. The zero-order chi connectivity index (χ0) is 30.5. The predicted molar refractivity (Wildman–Crippen MR) is 171 cm³/mol. The number of aromatic hydroxyl groups is 1.